The predicted octanol–water partition coefficient (Wildman–Crippen LogP) is 2.63. The maximum Gasteiger partial charge on any atom is 0.181 e. The molecular formula is C10H10FN3S. The second kappa shape index (κ2) is 3.86. The van der Waals surface area contributed by atoms with E-state index in [2.05, 4.69) is 4.98 Å². The SMILES string of the molecule is CN(c1cccc(F)c1)c1cnc(N)s1. The summed E-state index contributed by atoms with van der Waals surface area (Å²) in [6, 6.07) is 6.39. The number of aromatic nitrogens is 1. The summed E-state index contributed by atoms with van der Waals surface area (Å²) in [7, 11) is 1.85. The maximum atomic E-state index is 13.0. The number of nitrogens with two attached hydrogens (primary N) is 1. The maximum absolute atomic E-state index is 13.0. The van der Waals surface area contributed by atoms with Gasteiger partial charge in [-0.15, -0.1) is 0 Å². The van der Waals surface area contributed by atoms with Crippen molar-refractivity contribution in [3.8, 4) is 0 Å². The van der Waals surface area contributed by atoms with Crippen LogP contribution >= 0.6 is 11.3 Å². The first kappa shape index (κ1) is 9.92. The molecule has 3 nitrogen and oxygen atoms in total. The van der Waals surface area contributed by atoms with Crippen molar-refractivity contribution in [3.05, 3.63) is 36.3 Å². The average molecular weight is 223 g/mol. The Morgan fingerprint density at radius 2 is 2.27 bits per heavy atom. The lowest BCUT2D eigenvalue weighted by molar-refractivity contribution is 0.628. The van der Waals surface area contributed by atoms with Crippen LogP contribution in [0.5, 0.6) is 0 Å². The van der Waals surface area contributed by atoms with Crippen molar-refractivity contribution >= 4 is 27.2 Å². The third-order valence-electron chi connectivity index (χ3n) is 2.04. The molecule has 0 saturated heterocycles. The fourth-order valence-electron chi connectivity index (χ4n) is 1.25. The fourth-order valence-corrected chi connectivity index (χ4v) is 1.91. The first-order valence-corrected chi connectivity index (χ1v) is 5.19. The molecule has 0 radical (unpaired) electrons. The first-order valence-electron chi connectivity index (χ1n) is 4.37. The topological polar surface area (TPSA) is 42.2 Å². The van der Waals surface area contributed by atoms with E-state index < -0.39 is 0 Å². The van der Waals surface area contributed by atoms with Crippen molar-refractivity contribution in [3.63, 3.8) is 0 Å². The van der Waals surface area contributed by atoms with Crippen LogP contribution in [-0.4, -0.2) is 12.0 Å². The van der Waals surface area contributed by atoms with Crippen LogP contribution in [0.2, 0.25) is 0 Å². The first-order chi connectivity index (χ1) is 7.16. The summed E-state index contributed by atoms with van der Waals surface area (Å²) in [5.41, 5.74) is 6.31. The van der Waals surface area contributed by atoms with Crippen LogP contribution in [0.4, 0.5) is 20.2 Å². The smallest absolute Gasteiger partial charge is 0.181 e. The number of anilines is 3. The molecule has 0 aliphatic carbocycles. The molecule has 0 spiro atoms. The van der Waals surface area contributed by atoms with Crippen LogP contribution in [-0.2, 0) is 0 Å². The van der Waals surface area contributed by atoms with Crippen LogP contribution in [0, 0.1) is 5.82 Å². The van der Waals surface area contributed by atoms with Gasteiger partial charge in [0, 0.05) is 12.7 Å². The number of thiazole rings is 1. The van der Waals surface area contributed by atoms with Gasteiger partial charge in [-0.05, 0) is 18.2 Å². The van der Waals surface area contributed by atoms with Gasteiger partial charge in [-0.3, -0.25) is 0 Å². The van der Waals surface area contributed by atoms with Crippen LogP contribution in [0.1, 0.15) is 0 Å². The van der Waals surface area contributed by atoms with Gasteiger partial charge in [0.2, 0.25) is 0 Å². The Hall–Kier alpha value is -1.62. The minimum absolute atomic E-state index is 0.253. The van der Waals surface area contributed by atoms with E-state index >= 15 is 0 Å². The molecule has 78 valence electrons. The fraction of sp³-hybridized carbons (Fsp3) is 0.100. The molecule has 15 heavy (non-hydrogen) atoms. The number of nitrogen functional groups attached to an aromatic ring is 1. The predicted molar refractivity (Wildman–Crippen MR) is 61.0 cm³/mol. The lowest BCUT2D eigenvalue weighted by atomic mass is 10.3. The molecule has 1 heterocycles. The second-order valence-electron chi connectivity index (χ2n) is 3.08. The highest BCUT2D eigenvalue weighted by Gasteiger charge is 2.07. The molecule has 1 aromatic carbocycles. The van der Waals surface area contributed by atoms with E-state index in [9.17, 15) is 4.39 Å². The summed E-state index contributed by atoms with van der Waals surface area (Å²) in [5, 5.41) is 1.39. The molecule has 1 aromatic heterocycles. The highest BCUT2D eigenvalue weighted by atomic mass is 32.1. The van der Waals surface area contributed by atoms with Crippen molar-refractivity contribution in [2.24, 2.45) is 0 Å². The van der Waals surface area contributed by atoms with Crippen molar-refractivity contribution in [2.75, 3.05) is 17.7 Å². The third-order valence-corrected chi connectivity index (χ3v) is 2.94. The Kier molecular flexibility index (Phi) is 2.55. The Labute approximate surface area is 91.0 Å². The molecule has 0 aliphatic rings. The zero-order valence-electron chi connectivity index (χ0n) is 8.14. The number of benzene rings is 1. The lowest BCUT2D eigenvalue weighted by Crippen LogP contribution is -2.07. The van der Waals surface area contributed by atoms with E-state index in [1.165, 1.54) is 23.5 Å². The van der Waals surface area contributed by atoms with E-state index in [1.54, 1.807) is 12.3 Å². The van der Waals surface area contributed by atoms with Gasteiger partial charge < -0.3 is 10.6 Å². The minimum Gasteiger partial charge on any atom is -0.375 e. The standard InChI is InChI=1S/C10H10FN3S/c1-14(9-6-13-10(12)15-9)8-4-2-3-7(11)5-8/h2-6H,1H3,(H2,12,13). The summed E-state index contributed by atoms with van der Waals surface area (Å²) in [6.07, 6.45) is 1.67. The summed E-state index contributed by atoms with van der Waals surface area (Å²) in [5.74, 6) is -0.253. The number of nitrogens with zero attached hydrogens (tertiary/aromatic N) is 2. The van der Waals surface area contributed by atoms with E-state index in [-0.39, 0.29) is 5.82 Å². The summed E-state index contributed by atoms with van der Waals surface area (Å²) < 4.78 is 13.0. The average Bonchev–Trinajstić information content (AvgIpc) is 2.64. The van der Waals surface area contributed by atoms with Crippen molar-refractivity contribution in [2.45, 2.75) is 0 Å². The van der Waals surface area contributed by atoms with Gasteiger partial charge >= 0.3 is 0 Å². The van der Waals surface area contributed by atoms with E-state index in [0.29, 0.717) is 5.13 Å². The second-order valence-corrected chi connectivity index (χ2v) is 4.12. The van der Waals surface area contributed by atoms with Crippen LogP contribution < -0.4 is 10.6 Å². The third kappa shape index (κ3) is 2.07. The van der Waals surface area contributed by atoms with Crippen LogP contribution in [0.25, 0.3) is 0 Å². The zero-order chi connectivity index (χ0) is 10.8. The number of rotatable bonds is 2. The molecule has 0 bridgehead atoms. The van der Waals surface area contributed by atoms with Crippen molar-refractivity contribution in [1.29, 1.82) is 0 Å². The highest BCUT2D eigenvalue weighted by molar-refractivity contribution is 7.19. The number of hydrogen-bond acceptors (Lipinski definition) is 4. The Morgan fingerprint density at radius 3 is 2.87 bits per heavy atom. The van der Waals surface area contributed by atoms with Gasteiger partial charge in [0.15, 0.2) is 5.13 Å². The Morgan fingerprint density at radius 1 is 1.47 bits per heavy atom. The number of hydrogen-bond donors (Lipinski definition) is 1. The van der Waals surface area contributed by atoms with Gasteiger partial charge in [-0.25, -0.2) is 9.37 Å². The molecule has 2 N–H and O–H groups in total. The molecule has 2 rings (SSSR count). The molecule has 0 aliphatic heterocycles. The van der Waals surface area contributed by atoms with Crippen LogP contribution in [0.15, 0.2) is 30.5 Å². The van der Waals surface area contributed by atoms with E-state index in [4.69, 9.17) is 5.73 Å². The van der Waals surface area contributed by atoms with Crippen molar-refractivity contribution < 1.29 is 4.39 Å². The molecule has 0 fully saturated rings. The Balaban J connectivity index is 2.32. The Bertz CT molecular complexity index is 469. The lowest BCUT2D eigenvalue weighted by Gasteiger charge is -2.16. The quantitative estimate of drug-likeness (QED) is 0.851. The molecular weight excluding hydrogens is 213 g/mol. The van der Waals surface area contributed by atoms with Gasteiger partial charge in [-0.2, -0.15) is 0 Å². The summed E-state index contributed by atoms with van der Waals surface area (Å²) >= 11 is 1.37. The van der Waals surface area contributed by atoms with Gasteiger partial charge in [0.05, 0.1) is 6.20 Å². The zero-order valence-corrected chi connectivity index (χ0v) is 8.96. The normalized spacial score (nSPS) is 10.3. The van der Waals surface area contributed by atoms with E-state index in [1.807, 2.05) is 18.0 Å². The minimum atomic E-state index is -0.253. The van der Waals surface area contributed by atoms with Gasteiger partial charge in [0.25, 0.3) is 0 Å². The summed E-state index contributed by atoms with van der Waals surface area (Å²) in [4.78, 5) is 5.79. The van der Waals surface area contributed by atoms with Crippen molar-refractivity contribution in [1.82, 2.24) is 4.98 Å². The van der Waals surface area contributed by atoms with E-state index in [0.717, 1.165) is 10.7 Å². The van der Waals surface area contributed by atoms with Gasteiger partial charge in [-0.1, -0.05) is 17.4 Å². The molecule has 2 aromatic rings. The van der Waals surface area contributed by atoms with Gasteiger partial charge in [0.1, 0.15) is 10.8 Å². The molecule has 0 unspecified atom stereocenters. The molecule has 0 atom stereocenters. The summed E-state index contributed by atoms with van der Waals surface area (Å²) in [6.45, 7) is 0. The molecule has 5 heteroatoms. The molecule has 0 amide bonds. The van der Waals surface area contributed by atoms with Crippen LogP contribution in [0.3, 0.4) is 0 Å². The highest BCUT2D eigenvalue weighted by Crippen LogP contribution is 2.29. The number of halogens is 1. The largest absolute Gasteiger partial charge is 0.375 e. The molecule has 0 saturated carbocycles. The monoisotopic (exact) mass is 223 g/mol.